The number of rotatable bonds is 1. The first kappa shape index (κ1) is 10.5. The second kappa shape index (κ2) is 4.40. The van der Waals surface area contributed by atoms with E-state index in [4.69, 9.17) is 10.00 Å². The van der Waals surface area contributed by atoms with Crippen LogP contribution < -0.4 is 4.74 Å². The molecule has 0 radical (unpaired) electrons. The summed E-state index contributed by atoms with van der Waals surface area (Å²) in [4.78, 5) is 0. The van der Waals surface area contributed by atoms with Crippen LogP contribution in [0.5, 0.6) is 5.75 Å². The van der Waals surface area contributed by atoms with Gasteiger partial charge in [-0.15, -0.1) is 0 Å². The Bertz CT molecular complexity index is 299. The van der Waals surface area contributed by atoms with Gasteiger partial charge in [-0.1, -0.05) is 13.5 Å². The van der Waals surface area contributed by atoms with Gasteiger partial charge in [-0.25, -0.2) is 0 Å². The molecule has 1 rings (SSSR count). The number of ether oxygens (including phenoxy) is 1. The van der Waals surface area contributed by atoms with Gasteiger partial charge in [0, 0.05) is 5.56 Å². The van der Waals surface area contributed by atoms with Crippen LogP contribution in [0.25, 0.3) is 0 Å². The topological polar surface area (TPSA) is 33.0 Å². The van der Waals surface area contributed by atoms with Gasteiger partial charge in [0.1, 0.15) is 5.75 Å². The summed E-state index contributed by atoms with van der Waals surface area (Å²) in [5.41, 5.74) is 1.57. The largest absolute Gasteiger partial charge is 0.496 e. The van der Waals surface area contributed by atoms with E-state index in [0.717, 1.165) is 11.3 Å². The minimum atomic E-state index is 0. The molecule has 12 heavy (non-hydrogen) atoms. The normalized spacial score (nSPS) is 8.08. The predicted octanol–water partition coefficient (Wildman–Crippen LogP) is 2.51. The summed E-state index contributed by atoms with van der Waals surface area (Å²) >= 11 is 0. The van der Waals surface area contributed by atoms with Crippen molar-refractivity contribution in [3.05, 3.63) is 29.3 Å². The molecule has 1 aromatic rings. The van der Waals surface area contributed by atoms with Crippen molar-refractivity contribution in [2.45, 2.75) is 14.4 Å². The Morgan fingerprint density at radius 3 is 2.58 bits per heavy atom. The Kier molecular flexibility index (Phi) is 3.85. The van der Waals surface area contributed by atoms with Gasteiger partial charge in [0.2, 0.25) is 0 Å². The molecule has 0 spiro atoms. The molecule has 0 aromatic heterocycles. The molecule has 0 N–H and O–H groups in total. The summed E-state index contributed by atoms with van der Waals surface area (Å²) in [6.07, 6.45) is 0. The van der Waals surface area contributed by atoms with Crippen LogP contribution in [-0.4, -0.2) is 7.11 Å². The molecule has 0 bridgehead atoms. The third kappa shape index (κ3) is 1.76. The maximum absolute atomic E-state index is 8.63. The standard InChI is InChI=1S/C9H9NO.CH4/c1-7-8(6-10)4-3-5-9(7)11-2;/h3-5H,1-2H3;1H4. The first-order chi connectivity index (χ1) is 5.29. The van der Waals surface area contributed by atoms with Gasteiger partial charge in [0.25, 0.3) is 0 Å². The fourth-order valence-electron chi connectivity index (χ4n) is 0.957. The highest BCUT2D eigenvalue weighted by Crippen LogP contribution is 2.19. The first-order valence-corrected chi connectivity index (χ1v) is 3.33. The van der Waals surface area contributed by atoms with Crippen molar-refractivity contribution in [3.63, 3.8) is 0 Å². The lowest BCUT2D eigenvalue weighted by atomic mass is 10.1. The SMILES string of the molecule is C.COc1cccc(C#N)c1C. The first-order valence-electron chi connectivity index (χ1n) is 3.33. The molecule has 1 aromatic carbocycles. The highest BCUT2D eigenvalue weighted by molar-refractivity contribution is 5.45. The number of nitrogens with zero attached hydrogens (tertiary/aromatic N) is 1. The number of nitriles is 1. The lowest BCUT2D eigenvalue weighted by Crippen LogP contribution is -1.89. The molecule has 0 heterocycles. The van der Waals surface area contributed by atoms with Crippen molar-refractivity contribution >= 4 is 0 Å². The smallest absolute Gasteiger partial charge is 0.123 e. The maximum atomic E-state index is 8.63. The molecule has 64 valence electrons. The zero-order chi connectivity index (χ0) is 8.27. The minimum Gasteiger partial charge on any atom is -0.496 e. The van der Waals surface area contributed by atoms with Crippen LogP contribution in [0.1, 0.15) is 18.6 Å². The Hall–Kier alpha value is -1.49. The zero-order valence-electron chi connectivity index (χ0n) is 6.59. The molecule has 0 aliphatic heterocycles. The van der Waals surface area contributed by atoms with Crippen molar-refractivity contribution in [2.75, 3.05) is 7.11 Å². The third-order valence-electron chi connectivity index (χ3n) is 1.62. The van der Waals surface area contributed by atoms with Crippen LogP contribution >= 0.6 is 0 Å². The second-order valence-electron chi connectivity index (χ2n) is 2.24. The molecule has 0 amide bonds. The zero-order valence-corrected chi connectivity index (χ0v) is 6.59. The summed E-state index contributed by atoms with van der Waals surface area (Å²) in [5, 5.41) is 8.63. The summed E-state index contributed by atoms with van der Waals surface area (Å²) in [5.74, 6) is 0.768. The highest BCUT2D eigenvalue weighted by atomic mass is 16.5. The number of hydrogen-bond donors (Lipinski definition) is 0. The van der Waals surface area contributed by atoms with Gasteiger partial charge in [0.05, 0.1) is 18.7 Å². The Balaban J connectivity index is 0.00000121. The third-order valence-corrected chi connectivity index (χ3v) is 1.62. The average molecular weight is 163 g/mol. The van der Waals surface area contributed by atoms with E-state index < -0.39 is 0 Å². The van der Waals surface area contributed by atoms with Crippen molar-refractivity contribution < 1.29 is 4.74 Å². The molecule has 0 fully saturated rings. The van der Waals surface area contributed by atoms with Crippen molar-refractivity contribution in [3.8, 4) is 11.8 Å². The Morgan fingerprint density at radius 1 is 1.42 bits per heavy atom. The van der Waals surface area contributed by atoms with E-state index in [2.05, 4.69) is 6.07 Å². The van der Waals surface area contributed by atoms with E-state index >= 15 is 0 Å². The van der Waals surface area contributed by atoms with Crippen molar-refractivity contribution in [1.29, 1.82) is 5.26 Å². The van der Waals surface area contributed by atoms with Gasteiger partial charge in [-0.05, 0) is 19.1 Å². The number of methoxy groups -OCH3 is 1. The van der Waals surface area contributed by atoms with E-state index in [1.807, 2.05) is 19.1 Å². The lowest BCUT2D eigenvalue weighted by Gasteiger charge is -2.03. The van der Waals surface area contributed by atoms with Crippen molar-refractivity contribution in [2.24, 2.45) is 0 Å². The van der Waals surface area contributed by atoms with Crippen LogP contribution in [0, 0.1) is 18.3 Å². The second-order valence-corrected chi connectivity index (χ2v) is 2.24. The molecule has 2 nitrogen and oxygen atoms in total. The molecular weight excluding hydrogens is 150 g/mol. The fraction of sp³-hybridized carbons (Fsp3) is 0.300. The van der Waals surface area contributed by atoms with Gasteiger partial charge >= 0.3 is 0 Å². The van der Waals surface area contributed by atoms with Crippen LogP contribution in [0.3, 0.4) is 0 Å². The Morgan fingerprint density at radius 2 is 2.08 bits per heavy atom. The summed E-state index contributed by atoms with van der Waals surface area (Å²) in [6, 6.07) is 7.52. The molecule has 0 saturated carbocycles. The maximum Gasteiger partial charge on any atom is 0.123 e. The van der Waals surface area contributed by atoms with Gasteiger partial charge in [-0.3, -0.25) is 0 Å². The van der Waals surface area contributed by atoms with Gasteiger partial charge in [0.15, 0.2) is 0 Å². The molecule has 0 saturated heterocycles. The lowest BCUT2D eigenvalue weighted by molar-refractivity contribution is 0.411. The monoisotopic (exact) mass is 163 g/mol. The van der Waals surface area contributed by atoms with Gasteiger partial charge < -0.3 is 4.74 Å². The molecule has 0 unspecified atom stereocenters. The fourth-order valence-corrected chi connectivity index (χ4v) is 0.957. The van der Waals surface area contributed by atoms with Crippen molar-refractivity contribution in [1.82, 2.24) is 0 Å². The molecule has 0 aliphatic rings. The summed E-state index contributed by atoms with van der Waals surface area (Å²) in [6.45, 7) is 1.87. The predicted molar refractivity (Wildman–Crippen MR) is 49.2 cm³/mol. The van der Waals surface area contributed by atoms with Crippen LogP contribution in [0.2, 0.25) is 0 Å². The van der Waals surface area contributed by atoms with Crippen LogP contribution in [0.15, 0.2) is 18.2 Å². The summed E-state index contributed by atoms with van der Waals surface area (Å²) < 4.78 is 5.04. The number of benzene rings is 1. The highest BCUT2D eigenvalue weighted by Gasteiger charge is 2.01. The number of hydrogen-bond acceptors (Lipinski definition) is 2. The average Bonchev–Trinajstić information content (AvgIpc) is 2.05. The van der Waals surface area contributed by atoms with Crippen LogP contribution in [0.4, 0.5) is 0 Å². The van der Waals surface area contributed by atoms with Gasteiger partial charge in [-0.2, -0.15) is 5.26 Å². The van der Waals surface area contributed by atoms with Crippen LogP contribution in [-0.2, 0) is 0 Å². The van der Waals surface area contributed by atoms with E-state index in [9.17, 15) is 0 Å². The minimum absolute atomic E-state index is 0. The molecule has 0 atom stereocenters. The quantitative estimate of drug-likeness (QED) is 0.637. The molecule has 0 aliphatic carbocycles. The van der Waals surface area contributed by atoms with E-state index in [1.165, 1.54) is 0 Å². The summed E-state index contributed by atoms with van der Waals surface area (Å²) in [7, 11) is 1.60. The van der Waals surface area contributed by atoms with E-state index in [1.54, 1.807) is 13.2 Å². The van der Waals surface area contributed by atoms with E-state index in [-0.39, 0.29) is 7.43 Å². The van der Waals surface area contributed by atoms with E-state index in [0.29, 0.717) is 5.56 Å². The Labute approximate surface area is 73.4 Å². The molecular formula is C10H13NO. The molecule has 2 heteroatoms.